The lowest BCUT2D eigenvalue weighted by atomic mass is 9.99. The number of ether oxygens (including phenoxy) is 2. The molecule has 0 spiro atoms. The van der Waals surface area contributed by atoms with Crippen LogP contribution >= 0.6 is 0 Å². The summed E-state index contributed by atoms with van der Waals surface area (Å²) in [4.78, 5) is 16.7. The van der Waals surface area contributed by atoms with Crippen molar-refractivity contribution >= 4 is 22.7 Å². The van der Waals surface area contributed by atoms with Gasteiger partial charge in [0.2, 0.25) is 6.29 Å². The third-order valence-corrected chi connectivity index (χ3v) is 5.89. The summed E-state index contributed by atoms with van der Waals surface area (Å²) in [6.45, 7) is 6.56. The molecule has 1 fully saturated rings. The van der Waals surface area contributed by atoms with E-state index in [-0.39, 0.29) is 5.82 Å². The second-order valence-corrected chi connectivity index (χ2v) is 8.19. The summed E-state index contributed by atoms with van der Waals surface area (Å²) in [6.07, 6.45) is -5.30. The van der Waals surface area contributed by atoms with Crippen molar-refractivity contribution in [1.82, 2.24) is 19.5 Å². The second kappa shape index (κ2) is 9.50. The maximum absolute atomic E-state index is 10.2. The predicted octanol–water partition coefficient (Wildman–Crippen LogP) is 0.794. The monoisotopic (exact) mass is 490 g/mol. The van der Waals surface area contributed by atoms with Gasteiger partial charge in [0.05, 0.1) is 13.2 Å². The fraction of sp³-hybridized carbons (Fsp3) is 0.250. The van der Waals surface area contributed by atoms with Crippen molar-refractivity contribution in [3.63, 3.8) is 0 Å². The van der Waals surface area contributed by atoms with Gasteiger partial charge >= 0.3 is 0 Å². The molecule has 1 saturated heterocycles. The van der Waals surface area contributed by atoms with Gasteiger partial charge < -0.3 is 35.6 Å². The number of hydrogen-bond donors (Lipinski definition) is 5. The van der Waals surface area contributed by atoms with Crippen molar-refractivity contribution in [3.05, 3.63) is 66.3 Å². The molecule has 6 N–H and O–H groups in total. The van der Waals surface area contributed by atoms with Gasteiger partial charge in [-0.1, -0.05) is 12.1 Å². The van der Waals surface area contributed by atoms with Crippen LogP contribution in [0.2, 0.25) is 0 Å². The molecule has 5 rings (SSSR count). The number of nitrogens with two attached hydrogens (primary N) is 1. The average molecular weight is 490 g/mol. The van der Waals surface area contributed by atoms with E-state index in [9.17, 15) is 20.4 Å². The average Bonchev–Trinajstić information content (AvgIpc) is 3.34. The number of aliphatic hydroxyl groups excluding tert-OH is 4. The van der Waals surface area contributed by atoms with Crippen molar-refractivity contribution < 1.29 is 29.9 Å². The van der Waals surface area contributed by atoms with Crippen molar-refractivity contribution in [2.24, 2.45) is 0 Å². The maximum atomic E-state index is 10.2. The highest BCUT2D eigenvalue weighted by Gasteiger charge is 2.44. The zero-order chi connectivity index (χ0) is 25.4. The zero-order valence-corrected chi connectivity index (χ0v) is 18.7. The summed E-state index contributed by atoms with van der Waals surface area (Å²) in [5, 5.41) is 39.4. The molecule has 184 valence electrons. The minimum atomic E-state index is -1.54. The first-order valence-electron chi connectivity index (χ1n) is 11.0. The number of aliphatic hydroxyl groups is 4. The molecule has 1 aliphatic heterocycles. The van der Waals surface area contributed by atoms with Crippen molar-refractivity contribution in [2.75, 3.05) is 12.3 Å². The lowest BCUT2D eigenvalue weighted by Crippen LogP contribution is -2.60. The Morgan fingerprint density at radius 3 is 2.39 bits per heavy atom. The molecule has 12 nitrogen and oxygen atoms in total. The van der Waals surface area contributed by atoms with Gasteiger partial charge in [0.1, 0.15) is 36.5 Å². The first kappa shape index (κ1) is 23.6. The van der Waals surface area contributed by atoms with E-state index in [0.29, 0.717) is 34.0 Å². The van der Waals surface area contributed by atoms with Gasteiger partial charge in [-0.15, -0.1) is 0 Å². The van der Waals surface area contributed by atoms with Gasteiger partial charge in [-0.2, -0.15) is 0 Å². The largest absolute Gasteiger partial charge is 0.462 e. The number of hydrogen-bond acceptors (Lipinski definition) is 10. The highest BCUT2D eigenvalue weighted by Crippen LogP contribution is 2.28. The molecular formula is C24H22N6O6. The van der Waals surface area contributed by atoms with Gasteiger partial charge in [-0.25, -0.2) is 19.8 Å². The molecule has 0 aliphatic carbocycles. The van der Waals surface area contributed by atoms with Crippen LogP contribution in [0.25, 0.3) is 33.1 Å². The first-order valence-corrected chi connectivity index (χ1v) is 11.0. The van der Waals surface area contributed by atoms with Crippen molar-refractivity contribution in [3.8, 4) is 22.8 Å². The van der Waals surface area contributed by atoms with E-state index in [1.807, 2.05) is 0 Å². The number of anilines is 1. The van der Waals surface area contributed by atoms with E-state index in [0.717, 1.165) is 5.69 Å². The third-order valence-electron chi connectivity index (χ3n) is 5.89. The van der Waals surface area contributed by atoms with E-state index in [1.54, 1.807) is 59.4 Å². The van der Waals surface area contributed by atoms with Gasteiger partial charge in [-0.3, -0.25) is 4.57 Å². The molecule has 12 heteroatoms. The van der Waals surface area contributed by atoms with Gasteiger partial charge in [-0.05, 0) is 36.4 Å². The Kier molecular flexibility index (Phi) is 6.23. The van der Waals surface area contributed by atoms with Crippen LogP contribution in [0, 0.1) is 6.57 Å². The molecule has 3 heterocycles. The quantitative estimate of drug-likeness (QED) is 0.252. The highest BCUT2D eigenvalue weighted by atomic mass is 16.7. The van der Waals surface area contributed by atoms with E-state index in [1.165, 1.54) is 0 Å². The topological polar surface area (TPSA) is 173 Å². The zero-order valence-electron chi connectivity index (χ0n) is 18.7. The summed E-state index contributed by atoms with van der Waals surface area (Å²) in [5.41, 5.74) is 8.99. The summed E-state index contributed by atoms with van der Waals surface area (Å²) < 4.78 is 12.8. The van der Waals surface area contributed by atoms with Crippen molar-refractivity contribution in [2.45, 2.75) is 30.7 Å². The summed E-state index contributed by atoms with van der Waals surface area (Å²) >= 11 is 0. The van der Waals surface area contributed by atoms with Crippen LogP contribution in [0.15, 0.2) is 54.9 Å². The number of nitrogens with zero attached hydrogens (tertiary/aromatic N) is 5. The second-order valence-electron chi connectivity index (χ2n) is 8.19. The predicted molar refractivity (Wildman–Crippen MR) is 127 cm³/mol. The fourth-order valence-corrected chi connectivity index (χ4v) is 3.91. The summed E-state index contributed by atoms with van der Waals surface area (Å²) in [7, 11) is 0. The minimum Gasteiger partial charge on any atom is -0.462 e. The van der Waals surface area contributed by atoms with Gasteiger partial charge in [0.15, 0.2) is 28.5 Å². The normalized spacial score (nSPS) is 23.9. The molecule has 4 aromatic rings. The smallest absolute Gasteiger partial charge is 0.229 e. The Labute approximate surface area is 204 Å². The van der Waals surface area contributed by atoms with Crippen LogP contribution in [0.5, 0.6) is 5.75 Å². The molecule has 5 unspecified atom stereocenters. The molecule has 2 aromatic carbocycles. The molecular weight excluding hydrogens is 468 g/mol. The number of rotatable bonds is 5. The molecule has 0 radical (unpaired) electrons. The standard InChI is InChI=1S/C24H22N6O6/c1-26-13-4-6-14(7-5-13)30-11-27-17-21(25)28-22(29-23(17)30)12-2-8-15(9-3-12)35-24-20(34)19(33)18(32)16(10-31)36-24/h2-9,11,16,18-20,24,31-34H,10H2,(H2,25,28,29). The van der Waals surface area contributed by atoms with E-state index < -0.39 is 37.3 Å². The number of imidazole rings is 1. The van der Waals surface area contributed by atoms with Crippen LogP contribution < -0.4 is 10.5 Å². The van der Waals surface area contributed by atoms with Crippen LogP contribution in [0.4, 0.5) is 11.5 Å². The Morgan fingerprint density at radius 1 is 1.00 bits per heavy atom. The van der Waals surface area contributed by atoms with Crippen LogP contribution in [-0.2, 0) is 4.74 Å². The fourth-order valence-electron chi connectivity index (χ4n) is 3.91. The van der Waals surface area contributed by atoms with Crippen LogP contribution in [0.1, 0.15) is 0 Å². The van der Waals surface area contributed by atoms with Crippen molar-refractivity contribution in [1.29, 1.82) is 0 Å². The van der Waals surface area contributed by atoms with Gasteiger partial charge in [0.25, 0.3) is 0 Å². The molecule has 0 amide bonds. The van der Waals surface area contributed by atoms with E-state index in [2.05, 4.69) is 19.8 Å². The minimum absolute atomic E-state index is 0.202. The first-order chi connectivity index (χ1) is 17.4. The number of nitrogen functional groups attached to an aromatic ring is 1. The Morgan fingerprint density at radius 2 is 1.72 bits per heavy atom. The highest BCUT2D eigenvalue weighted by molar-refractivity contribution is 5.85. The number of aromatic nitrogens is 4. The van der Waals surface area contributed by atoms with Crippen LogP contribution in [-0.4, -0.2) is 77.3 Å². The lowest BCUT2D eigenvalue weighted by Gasteiger charge is -2.39. The van der Waals surface area contributed by atoms with E-state index in [4.69, 9.17) is 21.8 Å². The Bertz CT molecular complexity index is 1420. The molecule has 5 atom stereocenters. The molecule has 1 aliphatic rings. The Balaban J connectivity index is 1.41. The molecule has 0 saturated carbocycles. The maximum Gasteiger partial charge on any atom is 0.229 e. The number of benzene rings is 2. The lowest BCUT2D eigenvalue weighted by molar-refractivity contribution is -0.277. The third kappa shape index (κ3) is 4.22. The van der Waals surface area contributed by atoms with Gasteiger partial charge in [0, 0.05) is 11.3 Å². The molecule has 36 heavy (non-hydrogen) atoms. The molecule has 0 bridgehead atoms. The SMILES string of the molecule is [C-]#[N+]c1ccc(-n2cnc3c(N)nc(-c4ccc(OC5OC(CO)C(O)C(O)C5O)cc4)nc32)cc1. The van der Waals surface area contributed by atoms with E-state index >= 15 is 0 Å². The summed E-state index contributed by atoms with van der Waals surface area (Å²) in [6, 6.07) is 13.6. The summed E-state index contributed by atoms with van der Waals surface area (Å²) in [5.74, 6) is 0.856. The van der Waals surface area contributed by atoms with Crippen LogP contribution in [0.3, 0.4) is 0 Å². The number of fused-ring (bicyclic) bond motifs is 1. The molecule has 2 aromatic heterocycles. The Hall–Kier alpha value is -4.12.